The molecule has 0 radical (unpaired) electrons. The second kappa shape index (κ2) is 53.7. The van der Waals surface area contributed by atoms with Gasteiger partial charge in [0.15, 0.2) is 18.7 Å². The Labute approximate surface area is 580 Å². The number of aliphatic hydroxyl groups is 10. The lowest BCUT2D eigenvalue weighted by molar-refractivity contribution is -0.360. The van der Waals surface area contributed by atoms with Crippen LogP contribution in [0.2, 0.25) is 0 Å². The Bertz CT molecular complexity index is 2030. The Balaban J connectivity index is 1.74. The summed E-state index contributed by atoms with van der Waals surface area (Å²) in [7, 11) is -5.69. The van der Waals surface area contributed by atoms with Crippen molar-refractivity contribution in [1.82, 2.24) is 0 Å². The molecular formula is C72H135O24P. The highest BCUT2D eigenvalue weighted by molar-refractivity contribution is 7.47. The normalized spacial score (nSPS) is 28.1. The van der Waals surface area contributed by atoms with Gasteiger partial charge in [0.1, 0.15) is 98.7 Å². The fourth-order valence-electron chi connectivity index (χ4n) is 12.9. The van der Waals surface area contributed by atoms with E-state index in [1.165, 1.54) is 141 Å². The van der Waals surface area contributed by atoms with Gasteiger partial charge in [-0.05, 0) is 25.2 Å². The van der Waals surface area contributed by atoms with Gasteiger partial charge in [0.2, 0.25) is 0 Å². The van der Waals surface area contributed by atoms with Crippen LogP contribution in [0.25, 0.3) is 0 Å². The van der Waals surface area contributed by atoms with Gasteiger partial charge in [0.25, 0.3) is 0 Å². The molecule has 3 rings (SSSR count). The molecule has 25 heteroatoms. The summed E-state index contributed by atoms with van der Waals surface area (Å²) in [6.07, 6.45) is 8.92. The van der Waals surface area contributed by atoms with Gasteiger partial charge in [-0.1, -0.05) is 265 Å². The molecule has 0 spiro atoms. The van der Waals surface area contributed by atoms with E-state index < -0.39 is 156 Å². The molecular weight excluding hydrogens is 1280 g/mol. The van der Waals surface area contributed by atoms with Gasteiger partial charge >= 0.3 is 25.7 Å². The number of ether oxygens (including phenoxy) is 7. The maximum absolute atomic E-state index is 14.3. The summed E-state index contributed by atoms with van der Waals surface area (Å²) >= 11 is 0. The number of unbranched alkanes of at least 4 members (excludes halogenated alkanes) is 34. The molecule has 2 heterocycles. The van der Waals surface area contributed by atoms with E-state index >= 15 is 0 Å². The van der Waals surface area contributed by atoms with Gasteiger partial charge in [-0.15, -0.1) is 0 Å². The van der Waals surface area contributed by atoms with Gasteiger partial charge in [0, 0.05) is 19.3 Å². The Kier molecular flexibility index (Phi) is 49.4. The van der Waals surface area contributed by atoms with E-state index in [4.69, 9.17) is 42.2 Å². The van der Waals surface area contributed by atoms with Crippen LogP contribution >= 0.6 is 7.82 Å². The molecule has 2 aliphatic heterocycles. The quantitative estimate of drug-likeness (QED) is 0.0117. The Morgan fingerprint density at radius 2 is 0.722 bits per heavy atom. The van der Waals surface area contributed by atoms with Crippen LogP contribution in [0, 0.1) is 5.92 Å². The van der Waals surface area contributed by atoms with Crippen LogP contribution in [0.15, 0.2) is 0 Å². The molecule has 572 valence electrons. The fraction of sp³-hybridized carbons (Fsp3) is 0.958. The van der Waals surface area contributed by atoms with Crippen LogP contribution in [0.1, 0.15) is 304 Å². The molecule has 24 nitrogen and oxygen atoms in total. The molecule has 2 saturated heterocycles. The summed E-state index contributed by atoms with van der Waals surface area (Å²) in [4.78, 5) is 51.0. The van der Waals surface area contributed by atoms with Gasteiger partial charge in [-0.2, -0.15) is 0 Å². The van der Waals surface area contributed by atoms with Crippen LogP contribution in [-0.2, 0) is 61.2 Å². The fourth-order valence-corrected chi connectivity index (χ4v) is 13.9. The molecule has 1 saturated carbocycles. The van der Waals surface area contributed by atoms with Gasteiger partial charge in [-0.25, -0.2) is 4.57 Å². The number of phosphoric ester groups is 1. The Morgan fingerprint density at radius 3 is 1.11 bits per heavy atom. The van der Waals surface area contributed by atoms with Crippen molar-refractivity contribution in [3.63, 3.8) is 0 Å². The average Bonchev–Trinajstić information content (AvgIpc) is 0.765. The number of carbonyl (C=O) groups is 3. The Morgan fingerprint density at radius 1 is 0.392 bits per heavy atom. The first kappa shape index (κ1) is 89.2. The largest absolute Gasteiger partial charge is 0.472 e. The monoisotopic (exact) mass is 1410 g/mol. The predicted octanol–water partition coefficient (Wildman–Crippen LogP) is 10.4. The predicted molar refractivity (Wildman–Crippen MR) is 365 cm³/mol. The summed E-state index contributed by atoms with van der Waals surface area (Å²) in [5.41, 5.74) is 0. The van der Waals surface area contributed by atoms with Crippen molar-refractivity contribution >= 4 is 25.7 Å². The maximum Gasteiger partial charge on any atom is 0.472 e. The molecule has 0 amide bonds. The number of esters is 3. The van der Waals surface area contributed by atoms with Gasteiger partial charge in [0.05, 0.1) is 13.2 Å². The highest BCUT2D eigenvalue weighted by Gasteiger charge is 2.58. The molecule has 3 fully saturated rings. The Hall–Kier alpha value is -2.04. The molecule has 0 aromatic rings. The number of rotatable bonds is 59. The third-order valence-electron chi connectivity index (χ3n) is 19.3. The van der Waals surface area contributed by atoms with E-state index in [1.807, 2.05) is 0 Å². The molecule has 0 bridgehead atoms. The molecule has 0 aromatic carbocycles. The van der Waals surface area contributed by atoms with E-state index in [-0.39, 0.29) is 19.3 Å². The number of carbonyl (C=O) groups excluding carboxylic acids is 3. The zero-order valence-corrected chi connectivity index (χ0v) is 60.7. The molecule has 1 aliphatic carbocycles. The number of aliphatic hydroxyl groups excluding tert-OH is 10. The van der Waals surface area contributed by atoms with E-state index in [9.17, 15) is 74.9 Å². The van der Waals surface area contributed by atoms with Crippen molar-refractivity contribution in [2.24, 2.45) is 5.92 Å². The molecule has 97 heavy (non-hydrogen) atoms. The average molecular weight is 1420 g/mol. The highest BCUT2D eigenvalue weighted by Crippen LogP contribution is 2.49. The molecule has 0 aromatic heterocycles. The first-order valence-corrected chi connectivity index (χ1v) is 39.7. The van der Waals surface area contributed by atoms with Gasteiger partial charge < -0.3 is 89.1 Å². The van der Waals surface area contributed by atoms with Crippen molar-refractivity contribution in [1.29, 1.82) is 0 Å². The van der Waals surface area contributed by atoms with Crippen molar-refractivity contribution < 1.29 is 117 Å². The van der Waals surface area contributed by atoms with E-state index in [1.54, 1.807) is 0 Å². The minimum absolute atomic E-state index is 0.0324. The lowest BCUT2D eigenvalue weighted by Crippen LogP contribution is -2.69. The maximum atomic E-state index is 14.3. The van der Waals surface area contributed by atoms with Crippen LogP contribution in [0.5, 0.6) is 0 Å². The smallest absolute Gasteiger partial charge is 0.463 e. The molecule has 19 atom stereocenters. The third-order valence-corrected chi connectivity index (χ3v) is 20.3. The van der Waals surface area contributed by atoms with Crippen LogP contribution < -0.4 is 0 Å². The summed E-state index contributed by atoms with van der Waals surface area (Å²) < 4.78 is 65.1. The number of hydrogen-bond donors (Lipinski definition) is 11. The van der Waals surface area contributed by atoms with E-state index in [2.05, 4.69) is 27.7 Å². The molecule has 3 aliphatic rings. The van der Waals surface area contributed by atoms with Crippen molar-refractivity contribution in [2.75, 3.05) is 26.4 Å². The minimum atomic E-state index is -5.69. The highest BCUT2D eigenvalue weighted by atomic mass is 31.2. The second-order valence-corrected chi connectivity index (χ2v) is 29.4. The van der Waals surface area contributed by atoms with Crippen molar-refractivity contribution in [3.8, 4) is 0 Å². The number of hydrogen-bond acceptors (Lipinski definition) is 23. The van der Waals surface area contributed by atoms with Crippen LogP contribution in [-0.4, -0.2) is 204 Å². The summed E-state index contributed by atoms with van der Waals surface area (Å²) in [6.45, 7) is 5.78. The zero-order valence-electron chi connectivity index (χ0n) is 59.8. The molecule has 11 N–H and O–H groups in total. The number of phosphoric acid groups is 1. The zero-order chi connectivity index (χ0) is 71.2. The van der Waals surface area contributed by atoms with Crippen LogP contribution in [0.4, 0.5) is 0 Å². The van der Waals surface area contributed by atoms with E-state index in [0.717, 1.165) is 96.3 Å². The lowest BCUT2D eigenvalue weighted by atomic mass is 9.84. The standard InChI is InChI=1S/C72H135O24P/c1-5-8-11-14-17-19-21-22-23-24-26-28-30-37-42-47-58(76)91-53(49-88-56(74)45-40-36-32-31-34-39-44-52(4)43-38-33-16-13-10-7-3)50-90-97(86,87)96-70-68(94-71-66(84)61(79)59(77)54(48-73)92-71)64(82)63(81)65(83)69(70)95-72-67(85)62(80)60(78)55(93-72)51-89-57(75)46-41-35-29-27-25-20-18-15-12-9-6-2/h52-55,59-73,77-85H,5-51H2,1-4H3,(H,86,87). The SMILES string of the molecule is CCCCCCCCCCCCCCCCCC(=O)OC(COC(=O)CCCCCCCCC(C)CCCCCCCC)COP(=O)(O)OC1C(OC2OC(CO)C(O)C(O)C2O)C(O)C(O)C(O)C1OC1OC(COC(=O)CCCCCCCCCCCCC)C(O)C(O)C1O. The topological polar surface area (TPSA) is 374 Å². The van der Waals surface area contributed by atoms with Gasteiger partial charge in [-0.3, -0.25) is 23.4 Å². The second-order valence-electron chi connectivity index (χ2n) is 28.0. The molecule has 19 unspecified atom stereocenters. The summed E-state index contributed by atoms with van der Waals surface area (Å²) in [6, 6.07) is 0. The van der Waals surface area contributed by atoms with Crippen molar-refractivity contribution in [2.45, 2.75) is 408 Å². The van der Waals surface area contributed by atoms with E-state index in [0.29, 0.717) is 25.2 Å². The van der Waals surface area contributed by atoms with Crippen molar-refractivity contribution in [3.05, 3.63) is 0 Å². The lowest BCUT2D eigenvalue weighted by Gasteiger charge is -2.49. The van der Waals surface area contributed by atoms with Crippen LogP contribution in [0.3, 0.4) is 0 Å². The first-order chi connectivity index (χ1) is 46.7. The minimum Gasteiger partial charge on any atom is -0.463 e. The third kappa shape index (κ3) is 37.3. The summed E-state index contributed by atoms with van der Waals surface area (Å²) in [5, 5.41) is 110. The summed E-state index contributed by atoms with van der Waals surface area (Å²) in [5.74, 6) is -1.28. The first-order valence-electron chi connectivity index (χ1n) is 38.2.